The minimum Gasteiger partial charge on any atom is -0.508 e. The van der Waals surface area contributed by atoms with Gasteiger partial charge in [-0.2, -0.15) is 0 Å². The topological polar surface area (TPSA) is 94.2 Å². The van der Waals surface area contributed by atoms with Crippen molar-refractivity contribution in [3.05, 3.63) is 115 Å². The number of fused-ring (bicyclic) bond motifs is 1. The predicted octanol–water partition coefficient (Wildman–Crippen LogP) is 6.66. The van der Waals surface area contributed by atoms with Gasteiger partial charge in [0, 0.05) is 17.8 Å². The zero-order valence-electron chi connectivity index (χ0n) is 18.9. The number of para-hydroxylation sites is 1. The highest BCUT2D eigenvalue weighted by Gasteiger charge is 2.15. The molecule has 3 aromatic carbocycles. The first-order valence-electron chi connectivity index (χ1n) is 11.2. The number of phenolic OH excluding ortho intramolecular Hbond substituents is 2. The lowest BCUT2D eigenvalue weighted by Crippen LogP contribution is -2.23. The van der Waals surface area contributed by atoms with Crippen LogP contribution in [0.4, 0.5) is 17.1 Å². The van der Waals surface area contributed by atoms with Crippen LogP contribution in [-0.2, 0) is 13.1 Å². The number of hydrogen-bond acceptors (Lipinski definition) is 7. The van der Waals surface area contributed by atoms with E-state index >= 15 is 0 Å². The van der Waals surface area contributed by atoms with Crippen LogP contribution in [0.5, 0.6) is 11.5 Å². The van der Waals surface area contributed by atoms with Crippen molar-refractivity contribution in [3.63, 3.8) is 0 Å². The summed E-state index contributed by atoms with van der Waals surface area (Å²) in [6, 6.07) is 27.6. The molecule has 7 heteroatoms. The number of azo groups is 1. The maximum atomic E-state index is 10.5. The average molecular weight is 462 g/mol. The molecular weight excluding hydrogens is 438 g/mol. The summed E-state index contributed by atoms with van der Waals surface area (Å²) < 4.78 is 0. The molecule has 0 spiro atoms. The van der Waals surface area contributed by atoms with Crippen LogP contribution in [0, 0.1) is 0 Å². The molecular formula is C28H23N5O2. The van der Waals surface area contributed by atoms with Crippen molar-refractivity contribution >= 4 is 27.8 Å². The molecule has 0 aliphatic heterocycles. The Kier molecular flexibility index (Phi) is 6.30. The van der Waals surface area contributed by atoms with Crippen molar-refractivity contribution in [3.8, 4) is 11.5 Å². The number of aromatic hydroxyl groups is 2. The molecule has 0 saturated carbocycles. The fourth-order valence-electron chi connectivity index (χ4n) is 3.92. The Bertz CT molecular complexity index is 1430. The lowest BCUT2D eigenvalue weighted by molar-refractivity contribution is 0.474. The molecule has 172 valence electrons. The van der Waals surface area contributed by atoms with E-state index in [1.807, 2.05) is 60.7 Å². The summed E-state index contributed by atoms with van der Waals surface area (Å²) in [5, 5.41) is 30.7. The van der Waals surface area contributed by atoms with Crippen molar-refractivity contribution in [2.45, 2.75) is 13.1 Å². The summed E-state index contributed by atoms with van der Waals surface area (Å²) in [7, 11) is 0. The van der Waals surface area contributed by atoms with Gasteiger partial charge in [0.2, 0.25) is 0 Å². The van der Waals surface area contributed by atoms with Crippen molar-refractivity contribution in [2.24, 2.45) is 10.2 Å². The van der Waals surface area contributed by atoms with E-state index in [4.69, 9.17) is 0 Å². The third-order valence-electron chi connectivity index (χ3n) is 5.59. The minimum atomic E-state index is 0.0169. The van der Waals surface area contributed by atoms with Gasteiger partial charge in [0.25, 0.3) is 0 Å². The Balaban J connectivity index is 1.54. The van der Waals surface area contributed by atoms with E-state index in [-0.39, 0.29) is 11.5 Å². The zero-order chi connectivity index (χ0) is 24.0. The van der Waals surface area contributed by atoms with Crippen LogP contribution >= 0.6 is 0 Å². The summed E-state index contributed by atoms with van der Waals surface area (Å²) in [5.41, 5.74) is 3.70. The molecule has 7 nitrogen and oxygen atoms in total. The summed E-state index contributed by atoms with van der Waals surface area (Å²) in [4.78, 5) is 11.1. The third kappa shape index (κ3) is 5.09. The zero-order valence-corrected chi connectivity index (χ0v) is 18.9. The molecule has 0 saturated heterocycles. The van der Waals surface area contributed by atoms with Crippen LogP contribution in [0.25, 0.3) is 10.8 Å². The van der Waals surface area contributed by atoms with Crippen LogP contribution in [0.15, 0.2) is 114 Å². The Morgan fingerprint density at radius 3 is 2.06 bits per heavy atom. The third-order valence-corrected chi connectivity index (χ3v) is 5.59. The quantitative estimate of drug-likeness (QED) is 0.264. The Morgan fingerprint density at radius 1 is 0.686 bits per heavy atom. The molecule has 2 heterocycles. The molecule has 0 aliphatic rings. The van der Waals surface area contributed by atoms with Crippen LogP contribution < -0.4 is 4.90 Å². The van der Waals surface area contributed by atoms with Crippen molar-refractivity contribution in [1.29, 1.82) is 0 Å². The predicted molar refractivity (Wildman–Crippen MR) is 136 cm³/mol. The van der Waals surface area contributed by atoms with Crippen molar-refractivity contribution in [1.82, 2.24) is 9.97 Å². The molecule has 2 N–H and O–H groups in total. The first kappa shape index (κ1) is 22.0. The molecule has 5 aromatic rings. The van der Waals surface area contributed by atoms with Gasteiger partial charge in [-0.1, -0.05) is 30.3 Å². The molecule has 0 bridgehead atoms. The van der Waals surface area contributed by atoms with Gasteiger partial charge in [0.1, 0.15) is 22.9 Å². The Hall–Kier alpha value is -4.78. The van der Waals surface area contributed by atoms with E-state index in [0.717, 1.165) is 22.5 Å². The second-order valence-corrected chi connectivity index (χ2v) is 8.03. The molecule has 2 aromatic heterocycles. The Morgan fingerprint density at radius 2 is 1.37 bits per heavy atom. The second-order valence-electron chi connectivity index (χ2n) is 8.03. The normalized spacial score (nSPS) is 11.2. The van der Waals surface area contributed by atoms with E-state index in [1.54, 1.807) is 42.7 Å². The SMILES string of the molecule is Oc1ccc2c(N=Nc3ccccc3N(Cc3ccccn3)Cc3ccccn3)c(O)ccc2c1. The van der Waals surface area contributed by atoms with Gasteiger partial charge in [-0.25, -0.2) is 0 Å². The Labute approximate surface area is 202 Å². The van der Waals surface area contributed by atoms with Gasteiger partial charge in [0.15, 0.2) is 0 Å². The summed E-state index contributed by atoms with van der Waals surface area (Å²) in [6.45, 7) is 1.12. The molecule has 0 unspecified atom stereocenters. The van der Waals surface area contributed by atoms with Gasteiger partial charge in [-0.3, -0.25) is 9.97 Å². The number of hydrogen-bond donors (Lipinski definition) is 2. The van der Waals surface area contributed by atoms with Gasteiger partial charge in [-0.05, 0) is 66.0 Å². The fourth-order valence-corrected chi connectivity index (χ4v) is 3.92. The van der Waals surface area contributed by atoms with Gasteiger partial charge < -0.3 is 15.1 Å². The van der Waals surface area contributed by atoms with Crippen LogP contribution in [-0.4, -0.2) is 20.2 Å². The smallest absolute Gasteiger partial charge is 0.143 e. The van der Waals surface area contributed by atoms with E-state index in [0.29, 0.717) is 29.9 Å². The van der Waals surface area contributed by atoms with E-state index in [2.05, 4.69) is 25.1 Å². The number of rotatable bonds is 7. The average Bonchev–Trinajstić information content (AvgIpc) is 2.89. The van der Waals surface area contributed by atoms with Crippen LogP contribution in [0.1, 0.15) is 11.4 Å². The maximum absolute atomic E-state index is 10.5. The number of pyridine rings is 2. The van der Waals surface area contributed by atoms with E-state index in [1.165, 1.54) is 0 Å². The highest BCUT2D eigenvalue weighted by molar-refractivity contribution is 5.96. The number of nitrogens with zero attached hydrogens (tertiary/aromatic N) is 5. The molecule has 35 heavy (non-hydrogen) atoms. The first-order valence-corrected chi connectivity index (χ1v) is 11.2. The van der Waals surface area contributed by atoms with E-state index in [9.17, 15) is 10.2 Å². The molecule has 5 rings (SSSR count). The highest BCUT2D eigenvalue weighted by Crippen LogP contribution is 2.39. The summed E-state index contributed by atoms with van der Waals surface area (Å²) in [6.07, 6.45) is 3.56. The van der Waals surface area contributed by atoms with E-state index < -0.39 is 0 Å². The second kappa shape index (κ2) is 10.0. The number of anilines is 1. The standard InChI is InChI=1S/C28H23N5O2/c34-23-12-13-24-20(17-23)11-14-27(35)28(24)32-31-25-9-1-2-10-26(25)33(18-21-7-3-5-15-29-21)19-22-8-4-6-16-30-22/h1-17,34-35H,18-19H2. The van der Waals surface area contributed by atoms with Gasteiger partial charge >= 0.3 is 0 Å². The molecule has 0 radical (unpaired) electrons. The molecule has 0 amide bonds. The van der Waals surface area contributed by atoms with Crippen molar-refractivity contribution in [2.75, 3.05) is 4.90 Å². The largest absolute Gasteiger partial charge is 0.508 e. The first-order chi connectivity index (χ1) is 17.2. The maximum Gasteiger partial charge on any atom is 0.143 e. The summed E-state index contributed by atoms with van der Waals surface area (Å²) in [5.74, 6) is 0.166. The minimum absolute atomic E-state index is 0.0169. The van der Waals surface area contributed by atoms with Gasteiger partial charge in [-0.15, -0.1) is 10.2 Å². The number of aromatic nitrogens is 2. The molecule has 0 fully saturated rings. The summed E-state index contributed by atoms with van der Waals surface area (Å²) >= 11 is 0. The fraction of sp³-hybridized carbons (Fsp3) is 0.0714. The van der Waals surface area contributed by atoms with Crippen LogP contribution in [0.3, 0.4) is 0 Å². The monoisotopic (exact) mass is 461 g/mol. The van der Waals surface area contributed by atoms with Crippen molar-refractivity contribution < 1.29 is 10.2 Å². The highest BCUT2D eigenvalue weighted by atomic mass is 16.3. The lowest BCUT2D eigenvalue weighted by Gasteiger charge is -2.25. The number of benzene rings is 3. The van der Waals surface area contributed by atoms with Crippen LogP contribution in [0.2, 0.25) is 0 Å². The molecule has 0 atom stereocenters. The lowest BCUT2D eigenvalue weighted by atomic mass is 10.1. The molecule has 0 aliphatic carbocycles. The number of phenols is 2. The van der Waals surface area contributed by atoms with Gasteiger partial charge in [0.05, 0.1) is 30.2 Å².